The van der Waals surface area contributed by atoms with Crippen LogP contribution in [0, 0.1) is 11.3 Å². The number of ether oxygens (including phenoxy) is 1. The monoisotopic (exact) mass is 863 g/mol. The zero-order valence-electron chi connectivity index (χ0n) is 35.9. The molecule has 2 aromatic heterocycles. The number of nitrogens with zero attached hydrogens (tertiary/aromatic N) is 8. The summed E-state index contributed by atoms with van der Waals surface area (Å²) in [6.45, 7) is 5.87. The molecule has 2 fully saturated rings. The number of fused-ring (bicyclic) bond motifs is 2. The number of hydrogen-bond donors (Lipinski definition) is 3. The number of nitriles is 1. The Balaban J connectivity index is 0.884. The topological polar surface area (TPSA) is 222 Å². The van der Waals surface area contributed by atoms with E-state index in [0.29, 0.717) is 73.0 Å². The SMILES string of the molecule is CN(CCCCNc1cccc2c1C(=O)N(C1CCC(=O)NC1=O)C2=O)C(C)(C)/C=C(\C#N)C(=O)N1CCC[C@@H](n2nc(-c3ccc(Oc4ccccc4)cc3)c3c(N)ncnc32)C1. The Labute approximate surface area is 369 Å². The molecule has 0 bridgehead atoms. The van der Waals surface area contributed by atoms with Crippen LogP contribution in [0.4, 0.5) is 11.5 Å². The van der Waals surface area contributed by atoms with E-state index in [4.69, 9.17) is 15.6 Å². The Bertz CT molecular complexity index is 2710. The third-order valence-electron chi connectivity index (χ3n) is 12.2. The number of hydrogen-bond acceptors (Lipinski definition) is 13. The third-order valence-corrected chi connectivity index (χ3v) is 12.2. The first-order valence-corrected chi connectivity index (χ1v) is 21.4. The number of nitrogen functional groups attached to an aromatic ring is 1. The van der Waals surface area contributed by atoms with Crippen LogP contribution in [0.15, 0.2) is 90.8 Å². The van der Waals surface area contributed by atoms with Gasteiger partial charge in [0.25, 0.3) is 17.7 Å². The molecule has 17 heteroatoms. The van der Waals surface area contributed by atoms with E-state index in [-0.39, 0.29) is 41.5 Å². The molecule has 5 heterocycles. The average Bonchev–Trinajstić information content (AvgIpc) is 3.81. The highest BCUT2D eigenvalue weighted by atomic mass is 16.5. The van der Waals surface area contributed by atoms with Crippen LogP contribution in [0.2, 0.25) is 0 Å². The summed E-state index contributed by atoms with van der Waals surface area (Å²) in [6.07, 6.45) is 6.16. The minimum Gasteiger partial charge on any atom is -0.457 e. The smallest absolute Gasteiger partial charge is 0.264 e. The van der Waals surface area contributed by atoms with Crippen molar-refractivity contribution >= 4 is 52.1 Å². The Morgan fingerprint density at radius 3 is 2.52 bits per heavy atom. The van der Waals surface area contributed by atoms with Crippen LogP contribution >= 0.6 is 0 Å². The number of nitrogens with two attached hydrogens (primary N) is 1. The number of unbranched alkanes of at least 4 members (excludes halogenated alkanes) is 1. The van der Waals surface area contributed by atoms with E-state index in [1.807, 2.05) is 80.2 Å². The van der Waals surface area contributed by atoms with Crippen molar-refractivity contribution in [3.05, 3.63) is 102 Å². The Morgan fingerprint density at radius 1 is 1.00 bits per heavy atom. The second-order valence-electron chi connectivity index (χ2n) is 16.8. The van der Waals surface area contributed by atoms with Gasteiger partial charge in [0, 0.05) is 42.8 Å². The van der Waals surface area contributed by atoms with E-state index < -0.39 is 35.2 Å². The number of likely N-dealkylation sites (tertiary alicyclic amines) is 1. The van der Waals surface area contributed by atoms with Crippen LogP contribution in [0.3, 0.4) is 0 Å². The fourth-order valence-corrected chi connectivity index (χ4v) is 8.52. The largest absolute Gasteiger partial charge is 0.457 e. The highest BCUT2D eigenvalue weighted by Gasteiger charge is 2.45. The third kappa shape index (κ3) is 8.64. The van der Waals surface area contributed by atoms with Gasteiger partial charge in [-0.1, -0.05) is 24.3 Å². The predicted octanol–water partition coefficient (Wildman–Crippen LogP) is 5.49. The summed E-state index contributed by atoms with van der Waals surface area (Å²) >= 11 is 0. The molecule has 0 saturated carbocycles. The molecule has 0 aliphatic carbocycles. The molecule has 17 nitrogen and oxygen atoms in total. The Kier molecular flexibility index (Phi) is 12.2. The number of amides is 5. The first-order chi connectivity index (χ1) is 30.8. The van der Waals surface area contributed by atoms with E-state index >= 15 is 0 Å². The lowest BCUT2D eigenvalue weighted by Gasteiger charge is -2.35. The summed E-state index contributed by atoms with van der Waals surface area (Å²) in [4.78, 5) is 78.5. The normalized spacial score (nSPS) is 18.0. The summed E-state index contributed by atoms with van der Waals surface area (Å²) < 4.78 is 7.82. The molecule has 0 radical (unpaired) electrons. The minimum absolute atomic E-state index is 0.0478. The summed E-state index contributed by atoms with van der Waals surface area (Å²) in [7, 11) is 1.94. The maximum absolute atomic E-state index is 14.1. The van der Waals surface area contributed by atoms with E-state index in [1.54, 1.807) is 29.2 Å². The first-order valence-electron chi connectivity index (χ1n) is 21.4. The quantitative estimate of drug-likeness (QED) is 0.0545. The molecular weight excluding hydrogens is 815 g/mol. The van der Waals surface area contributed by atoms with Gasteiger partial charge >= 0.3 is 0 Å². The number of carbonyl (C=O) groups excluding carboxylic acids is 5. The minimum atomic E-state index is -1.04. The van der Waals surface area contributed by atoms with Crippen LogP contribution < -0.4 is 21.1 Å². The molecule has 1 unspecified atom stereocenters. The van der Waals surface area contributed by atoms with Crippen LogP contribution in [0.1, 0.15) is 79.1 Å². The molecule has 2 saturated heterocycles. The van der Waals surface area contributed by atoms with Gasteiger partial charge in [-0.2, -0.15) is 10.4 Å². The number of nitrogens with one attached hydrogen (secondary N) is 2. The van der Waals surface area contributed by atoms with E-state index in [2.05, 4.69) is 31.6 Å². The van der Waals surface area contributed by atoms with Crippen molar-refractivity contribution in [3.8, 4) is 28.8 Å². The Hall–Kier alpha value is -7.45. The molecule has 2 atom stereocenters. The van der Waals surface area contributed by atoms with Crippen molar-refractivity contribution in [1.29, 1.82) is 5.26 Å². The lowest BCUT2D eigenvalue weighted by molar-refractivity contribution is -0.136. The number of carbonyl (C=O) groups is 5. The highest BCUT2D eigenvalue weighted by molar-refractivity contribution is 6.25. The van der Waals surface area contributed by atoms with Gasteiger partial charge in [-0.05, 0) is 114 Å². The summed E-state index contributed by atoms with van der Waals surface area (Å²) in [5.74, 6) is -0.860. The van der Waals surface area contributed by atoms with Crippen molar-refractivity contribution in [3.63, 3.8) is 0 Å². The fourth-order valence-electron chi connectivity index (χ4n) is 8.52. The lowest BCUT2D eigenvalue weighted by Crippen LogP contribution is -2.54. The zero-order valence-corrected chi connectivity index (χ0v) is 35.9. The molecule has 8 rings (SSSR count). The summed E-state index contributed by atoms with van der Waals surface area (Å²) in [6, 6.07) is 23.0. The van der Waals surface area contributed by atoms with Gasteiger partial charge < -0.3 is 20.7 Å². The van der Waals surface area contributed by atoms with Gasteiger partial charge in [-0.15, -0.1) is 0 Å². The van der Waals surface area contributed by atoms with E-state index in [9.17, 15) is 29.2 Å². The number of aromatic nitrogens is 4. The summed E-state index contributed by atoms with van der Waals surface area (Å²) in [5, 5.41) is 21.4. The maximum Gasteiger partial charge on any atom is 0.264 e. The number of anilines is 2. The number of rotatable bonds is 14. The standard InChI is InChI=1S/C47H49N11O6/c1-47(2,55(3)23-8-7-22-50-35-15-9-14-34-38(35)46(63)57(45(34)62)36-20-21-37(59)53-43(36)60)25-30(26-48)44(61)56-24-10-11-31(27-56)58-42-39(41(49)51-28-52-42)40(54-58)29-16-18-33(19-17-29)64-32-12-5-4-6-13-32/h4-6,9,12-19,25,28,31,36,50H,7-8,10-11,20-24,27H2,1-3H3,(H2,49,51,52)(H,53,59,60)/b30-25+/t31-,36?/m1/s1. The van der Waals surface area contributed by atoms with Gasteiger partial charge in [0.1, 0.15) is 47.0 Å². The molecule has 5 amide bonds. The second-order valence-corrected chi connectivity index (χ2v) is 16.8. The highest BCUT2D eigenvalue weighted by Crippen LogP contribution is 2.36. The number of piperidine rings is 2. The lowest BCUT2D eigenvalue weighted by atomic mass is 9.97. The molecule has 4 N–H and O–H groups in total. The van der Waals surface area contributed by atoms with Crippen molar-refractivity contribution in [1.82, 2.24) is 39.8 Å². The number of benzene rings is 3. The van der Waals surface area contributed by atoms with Gasteiger partial charge in [0.2, 0.25) is 11.8 Å². The van der Waals surface area contributed by atoms with Crippen LogP contribution in [-0.2, 0) is 14.4 Å². The number of likely N-dealkylation sites (N-methyl/N-ethyl adjacent to an activating group) is 1. The van der Waals surface area contributed by atoms with Crippen molar-refractivity contribution in [2.75, 3.05) is 44.3 Å². The molecule has 0 spiro atoms. The summed E-state index contributed by atoms with van der Waals surface area (Å²) in [5.41, 5.74) is 8.75. The van der Waals surface area contributed by atoms with Crippen LogP contribution in [-0.4, -0.2) is 109 Å². The molecule has 3 aromatic carbocycles. The van der Waals surface area contributed by atoms with Gasteiger partial charge in [-0.3, -0.25) is 39.1 Å². The van der Waals surface area contributed by atoms with Crippen molar-refractivity contribution in [2.24, 2.45) is 0 Å². The molecular formula is C47H49N11O6. The van der Waals surface area contributed by atoms with E-state index in [0.717, 1.165) is 29.1 Å². The van der Waals surface area contributed by atoms with Crippen molar-refractivity contribution < 1.29 is 28.7 Å². The molecule has 64 heavy (non-hydrogen) atoms. The first kappa shape index (κ1) is 43.2. The molecule has 3 aliphatic rings. The van der Waals surface area contributed by atoms with Gasteiger partial charge in [-0.25, -0.2) is 14.6 Å². The average molecular weight is 864 g/mol. The second kappa shape index (κ2) is 18.1. The molecule has 5 aromatic rings. The van der Waals surface area contributed by atoms with E-state index in [1.165, 1.54) is 6.33 Å². The molecule has 328 valence electrons. The predicted molar refractivity (Wildman–Crippen MR) is 238 cm³/mol. The van der Waals surface area contributed by atoms with Gasteiger partial charge in [0.15, 0.2) is 5.65 Å². The number of imide groups is 2. The van der Waals surface area contributed by atoms with Gasteiger partial charge in [0.05, 0.1) is 22.6 Å². The van der Waals surface area contributed by atoms with Crippen LogP contribution in [0.5, 0.6) is 11.5 Å². The van der Waals surface area contributed by atoms with Crippen molar-refractivity contribution in [2.45, 2.75) is 70.0 Å². The zero-order chi connectivity index (χ0) is 45.1. The number of para-hydroxylation sites is 1. The van der Waals surface area contributed by atoms with Crippen LogP contribution in [0.25, 0.3) is 22.3 Å². The Morgan fingerprint density at radius 2 is 1.77 bits per heavy atom. The molecule has 3 aliphatic heterocycles. The fraction of sp³-hybridized carbons (Fsp3) is 0.340. The maximum atomic E-state index is 14.1.